The Kier molecular flexibility index (Phi) is 4.70. The molecule has 0 fully saturated rings. The lowest BCUT2D eigenvalue weighted by Crippen LogP contribution is -1.90. The van der Waals surface area contributed by atoms with Crippen LogP contribution in [0, 0.1) is 11.3 Å². The smallest absolute Gasteiger partial charge is 0.169 e. The second kappa shape index (κ2) is 6.69. The molecule has 0 aliphatic carbocycles. The fourth-order valence-corrected chi connectivity index (χ4v) is 1.99. The number of anilines is 1. The topological polar surface area (TPSA) is 65.3 Å². The van der Waals surface area contributed by atoms with Crippen molar-refractivity contribution in [2.45, 2.75) is 0 Å². The van der Waals surface area contributed by atoms with Gasteiger partial charge in [-0.05, 0) is 42.0 Å². The van der Waals surface area contributed by atoms with E-state index in [2.05, 4.69) is 5.32 Å². The molecular weight excluding hydrogens is 288 g/mol. The van der Waals surface area contributed by atoms with Crippen molar-refractivity contribution in [2.75, 3.05) is 12.4 Å². The van der Waals surface area contributed by atoms with E-state index >= 15 is 0 Å². The predicted molar refractivity (Wildman–Crippen MR) is 83.8 cm³/mol. The second-order valence-corrected chi connectivity index (χ2v) is 4.65. The quantitative estimate of drug-likeness (QED) is 0.821. The van der Waals surface area contributed by atoms with Crippen LogP contribution in [-0.2, 0) is 0 Å². The van der Waals surface area contributed by atoms with Gasteiger partial charge in [-0.15, -0.1) is 0 Å². The third kappa shape index (κ3) is 3.91. The molecule has 0 radical (unpaired) electrons. The molecule has 0 atom stereocenters. The van der Waals surface area contributed by atoms with Crippen LogP contribution in [0.1, 0.15) is 5.56 Å². The highest BCUT2D eigenvalue weighted by Crippen LogP contribution is 2.34. The Hall–Kier alpha value is -2.64. The maximum atomic E-state index is 9.91. The van der Waals surface area contributed by atoms with Gasteiger partial charge in [0, 0.05) is 29.9 Å². The molecule has 0 spiro atoms. The van der Waals surface area contributed by atoms with Crippen molar-refractivity contribution in [1.29, 1.82) is 5.26 Å². The summed E-state index contributed by atoms with van der Waals surface area (Å²) in [5, 5.41) is 21.9. The molecule has 4 nitrogen and oxygen atoms in total. The molecule has 106 valence electrons. The Bertz CT molecular complexity index is 721. The number of nitrogens with one attached hydrogen (secondary N) is 1. The van der Waals surface area contributed by atoms with Crippen LogP contribution in [0.2, 0.25) is 5.02 Å². The Morgan fingerprint density at radius 2 is 2.10 bits per heavy atom. The van der Waals surface area contributed by atoms with Crippen molar-refractivity contribution >= 4 is 23.4 Å². The van der Waals surface area contributed by atoms with Crippen LogP contribution in [0.3, 0.4) is 0 Å². The molecule has 5 heteroatoms. The summed E-state index contributed by atoms with van der Waals surface area (Å²) in [5.74, 6) is 0.829. The summed E-state index contributed by atoms with van der Waals surface area (Å²) in [4.78, 5) is 0. The van der Waals surface area contributed by atoms with E-state index in [4.69, 9.17) is 21.6 Å². The third-order valence-corrected chi connectivity index (χ3v) is 2.94. The van der Waals surface area contributed by atoms with Crippen LogP contribution in [0.25, 0.3) is 6.08 Å². The van der Waals surface area contributed by atoms with Crippen LogP contribution in [0.15, 0.2) is 42.5 Å². The molecule has 2 aromatic rings. The molecule has 2 rings (SSSR count). The average molecular weight is 301 g/mol. The lowest BCUT2D eigenvalue weighted by Gasteiger charge is -2.10. The molecule has 21 heavy (non-hydrogen) atoms. The van der Waals surface area contributed by atoms with Gasteiger partial charge in [0.1, 0.15) is 5.75 Å². The lowest BCUT2D eigenvalue weighted by atomic mass is 10.2. The largest absolute Gasteiger partial charge is 0.504 e. The molecule has 0 amide bonds. The van der Waals surface area contributed by atoms with Crippen LogP contribution in [0.5, 0.6) is 17.2 Å². The number of nitriles is 1. The minimum Gasteiger partial charge on any atom is -0.504 e. The number of ether oxygens (including phenoxy) is 1. The van der Waals surface area contributed by atoms with Gasteiger partial charge < -0.3 is 15.2 Å². The van der Waals surface area contributed by atoms with Gasteiger partial charge in [-0.25, -0.2) is 0 Å². The van der Waals surface area contributed by atoms with Crippen molar-refractivity contribution in [1.82, 2.24) is 0 Å². The highest BCUT2D eigenvalue weighted by molar-refractivity contribution is 6.30. The highest BCUT2D eigenvalue weighted by Gasteiger charge is 2.06. The summed E-state index contributed by atoms with van der Waals surface area (Å²) in [7, 11) is 1.76. The van der Waals surface area contributed by atoms with Crippen molar-refractivity contribution in [3.63, 3.8) is 0 Å². The molecule has 0 heterocycles. The van der Waals surface area contributed by atoms with Crippen LogP contribution < -0.4 is 10.1 Å². The van der Waals surface area contributed by atoms with Crippen molar-refractivity contribution in [2.24, 2.45) is 0 Å². The van der Waals surface area contributed by atoms with Gasteiger partial charge in [0.2, 0.25) is 0 Å². The van der Waals surface area contributed by atoms with E-state index in [9.17, 15) is 5.11 Å². The highest BCUT2D eigenvalue weighted by atomic mass is 35.5. The zero-order chi connectivity index (χ0) is 15.2. The summed E-state index contributed by atoms with van der Waals surface area (Å²) in [6, 6.07) is 12.0. The number of halogens is 1. The van der Waals surface area contributed by atoms with Crippen molar-refractivity contribution in [3.8, 4) is 23.3 Å². The molecule has 0 aliphatic heterocycles. The lowest BCUT2D eigenvalue weighted by molar-refractivity contribution is 0.411. The van der Waals surface area contributed by atoms with Gasteiger partial charge in [0.05, 0.1) is 6.07 Å². The Morgan fingerprint density at radius 1 is 1.29 bits per heavy atom. The molecule has 0 aliphatic rings. The summed E-state index contributed by atoms with van der Waals surface area (Å²) < 4.78 is 5.63. The van der Waals surface area contributed by atoms with E-state index in [-0.39, 0.29) is 5.75 Å². The first kappa shape index (κ1) is 14.8. The van der Waals surface area contributed by atoms with Crippen LogP contribution in [0.4, 0.5) is 5.69 Å². The number of allylic oxidation sites excluding steroid dienone is 1. The average Bonchev–Trinajstić information content (AvgIpc) is 2.46. The zero-order valence-electron chi connectivity index (χ0n) is 11.3. The number of hydrogen-bond donors (Lipinski definition) is 2. The molecule has 0 bridgehead atoms. The number of benzene rings is 2. The number of rotatable bonds is 4. The summed E-state index contributed by atoms with van der Waals surface area (Å²) in [6.07, 6.45) is 2.98. The molecule has 0 unspecified atom stereocenters. The van der Waals surface area contributed by atoms with Gasteiger partial charge in [0.25, 0.3) is 0 Å². The van der Waals surface area contributed by atoms with E-state index in [1.165, 1.54) is 6.08 Å². The second-order valence-electron chi connectivity index (χ2n) is 4.22. The van der Waals surface area contributed by atoms with Crippen LogP contribution in [-0.4, -0.2) is 12.2 Å². The standard InChI is InChI=1S/C16H13ClN2O2/c1-19-13-4-5-16(15(20)10-13)21-14-8-11(3-2-6-18)7-12(17)9-14/h2-5,7-10,19-20H,1H3. The summed E-state index contributed by atoms with van der Waals surface area (Å²) in [6.45, 7) is 0. The number of phenols is 1. The first-order valence-corrected chi connectivity index (χ1v) is 6.55. The van der Waals surface area contributed by atoms with E-state index < -0.39 is 0 Å². The molecule has 0 saturated carbocycles. The van der Waals surface area contributed by atoms with E-state index in [0.29, 0.717) is 16.5 Å². The maximum absolute atomic E-state index is 9.91. The number of nitrogens with zero attached hydrogens (tertiary/aromatic N) is 1. The normalized spacial score (nSPS) is 10.3. The Labute approximate surface area is 127 Å². The molecular formula is C16H13ClN2O2. The minimum absolute atomic E-state index is 0.0240. The summed E-state index contributed by atoms with van der Waals surface area (Å²) >= 11 is 6.01. The Balaban J connectivity index is 2.29. The summed E-state index contributed by atoms with van der Waals surface area (Å²) in [5.41, 5.74) is 1.52. The van der Waals surface area contributed by atoms with Crippen molar-refractivity contribution < 1.29 is 9.84 Å². The van der Waals surface area contributed by atoms with E-state index in [1.54, 1.807) is 49.5 Å². The third-order valence-electron chi connectivity index (χ3n) is 2.72. The number of hydrogen-bond acceptors (Lipinski definition) is 4. The SMILES string of the molecule is CNc1ccc(Oc2cc(Cl)cc(C=CC#N)c2)c(O)c1. The maximum Gasteiger partial charge on any atom is 0.169 e. The van der Waals surface area contributed by atoms with Crippen LogP contribution >= 0.6 is 11.6 Å². The fourth-order valence-electron chi connectivity index (χ4n) is 1.76. The first-order chi connectivity index (χ1) is 10.1. The van der Waals surface area contributed by atoms with Crippen molar-refractivity contribution in [3.05, 3.63) is 53.1 Å². The zero-order valence-corrected chi connectivity index (χ0v) is 12.1. The first-order valence-electron chi connectivity index (χ1n) is 6.18. The molecule has 2 N–H and O–H groups in total. The monoisotopic (exact) mass is 300 g/mol. The number of aromatic hydroxyl groups is 1. The molecule has 0 saturated heterocycles. The predicted octanol–water partition coefficient (Wildman–Crippen LogP) is 4.42. The van der Waals surface area contributed by atoms with Gasteiger partial charge >= 0.3 is 0 Å². The number of phenolic OH excluding ortho intramolecular Hbond substituents is 1. The fraction of sp³-hybridized carbons (Fsp3) is 0.0625. The van der Waals surface area contributed by atoms with Gasteiger partial charge in [-0.3, -0.25) is 0 Å². The van der Waals surface area contributed by atoms with E-state index in [1.807, 2.05) is 6.07 Å². The van der Waals surface area contributed by atoms with Gasteiger partial charge in [0.15, 0.2) is 11.5 Å². The van der Waals surface area contributed by atoms with Gasteiger partial charge in [-0.1, -0.05) is 11.6 Å². The molecule has 0 aromatic heterocycles. The van der Waals surface area contributed by atoms with E-state index in [0.717, 1.165) is 11.3 Å². The Morgan fingerprint density at radius 3 is 2.76 bits per heavy atom. The minimum atomic E-state index is 0.0240. The molecule has 2 aromatic carbocycles. The van der Waals surface area contributed by atoms with Gasteiger partial charge in [-0.2, -0.15) is 5.26 Å².